The second-order valence-corrected chi connectivity index (χ2v) is 8.82. The Kier molecular flexibility index (Phi) is 7.02. The van der Waals surface area contributed by atoms with Crippen molar-refractivity contribution in [2.75, 3.05) is 34.3 Å². The van der Waals surface area contributed by atoms with Crippen LogP contribution in [0.25, 0.3) is 11.4 Å². The number of aromatic nitrogens is 2. The van der Waals surface area contributed by atoms with Gasteiger partial charge in [0.25, 0.3) is 11.7 Å². The lowest BCUT2D eigenvalue weighted by atomic mass is 9.95. The molecule has 0 spiro atoms. The number of likely N-dealkylation sites (tertiary alicyclic amines) is 1. The molecule has 0 radical (unpaired) electrons. The minimum absolute atomic E-state index is 0.0591. The Morgan fingerprint density at radius 1 is 1.11 bits per heavy atom. The highest BCUT2D eigenvalue weighted by Gasteiger charge is 2.46. The van der Waals surface area contributed by atoms with Crippen LogP contribution in [0.4, 0.5) is 0 Å². The van der Waals surface area contributed by atoms with Gasteiger partial charge in [0.15, 0.2) is 0 Å². The molecule has 3 aromatic rings. The van der Waals surface area contributed by atoms with Crippen LogP contribution in [-0.2, 0) is 9.59 Å². The van der Waals surface area contributed by atoms with Crippen molar-refractivity contribution in [2.24, 2.45) is 0 Å². The molecule has 182 valence electrons. The molecule has 4 rings (SSSR count). The van der Waals surface area contributed by atoms with Gasteiger partial charge in [0.1, 0.15) is 11.5 Å². The summed E-state index contributed by atoms with van der Waals surface area (Å²) in [4.78, 5) is 30.0. The van der Waals surface area contributed by atoms with Gasteiger partial charge >= 0.3 is 0 Å². The van der Waals surface area contributed by atoms with Gasteiger partial charge in [-0.1, -0.05) is 30.3 Å². The van der Waals surface area contributed by atoms with Gasteiger partial charge in [0.2, 0.25) is 0 Å². The average molecular weight is 475 g/mol. The average Bonchev–Trinajstić information content (AvgIpc) is 3.36. The molecule has 8 heteroatoms. The monoisotopic (exact) mass is 474 g/mol. The van der Waals surface area contributed by atoms with E-state index in [0.717, 1.165) is 12.2 Å². The molecule has 0 saturated carbocycles. The van der Waals surface area contributed by atoms with E-state index < -0.39 is 17.7 Å². The van der Waals surface area contributed by atoms with E-state index in [4.69, 9.17) is 4.74 Å². The molecule has 0 unspecified atom stereocenters. The molecule has 35 heavy (non-hydrogen) atoms. The Morgan fingerprint density at radius 3 is 2.54 bits per heavy atom. The molecule has 0 aliphatic carbocycles. The summed E-state index contributed by atoms with van der Waals surface area (Å²) < 4.78 is 7.08. The molecule has 1 N–H and O–H groups in total. The van der Waals surface area contributed by atoms with Gasteiger partial charge < -0.3 is 19.6 Å². The first-order valence-electron chi connectivity index (χ1n) is 11.5. The largest absolute Gasteiger partial charge is 0.507 e. The van der Waals surface area contributed by atoms with Gasteiger partial charge in [-0.3, -0.25) is 9.59 Å². The molecule has 1 amide bonds. The second-order valence-electron chi connectivity index (χ2n) is 8.82. The van der Waals surface area contributed by atoms with Crippen LogP contribution >= 0.6 is 0 Å². The predicted octanol–water partition coefficient (Wildman–Crippen LogP) is 3.56. The second kappa shape index (κ2) is 10.1. The maximum atomic E-state index is 13.3. The van der Waals surface area contributed by atoms with Gasteiger partial charge in [-0.15, -0.1) is 0 Å². The molecular formula is C27H30N4O4. The number of rotatable bonds is 8. The van der Waals surface area contributed by atoms with E-state index in [0.29, 0.717) is 35.5 Å². The highest BCUT2D eigenvalue weighted by molar-refractivity contribution is 6.46. The number of benzene rings is 2. The summed E-state index contributed by atoms with van der Waals surface area (Å²) in [6.07, 6.45) is 2.21. The number of hydrogen-bond donors (Lipinski definition) is 1. The van der Waals surface area contributed by atoms with Crippen LogP contribution in [0.3, 0.4) is 0 Å². The Balaban J connectivity index is 1.82. The fourth-order valence-corrected chi connectivity index (χ4v) is 4.44. The summed E-state index contributed by atoms with van der Waals surface area (Å²) in [5.41, 5.74) is 2.66. The summed E-state index contributed by atoms with van der Waals surface area (Å²) in [6.45, 7) is 2.96. The Morgan fingerprint density at radius 2 is 1.86 bits per heavy atom. The summed E-state index contributed by atoms with van der Waals surface area (Å²) in [5, 5.41) is 15.8. The standard InChI is InChI=1S/C27H30N4O4/c1-18-22(17-28-31(18)20-11-6-5-7-12-20)25(32)23-24(19-10-8-13-21(16-19)35-4)30(27(34)26(23)33)15-9-14-29(2)3/h5-8,10-13,16-17,24,32H,9,14-15H2,1-4H3/b25-23+/t24-/m0/s1. The quantitative estimate of drug-likeness (QED) is 0.305. The first-order chi connectivity index (χ1) is 16.8. The van der Waals surface area contributed by atoms with Crippen molar-refractivity contribution in [1.29, 1.82) is 0 Å². The third-order valence-corrected chi connectivity index (χ3v) is 6.22. The normalized spacial score (nSPS) is 17.4. The Hall–Kier alpha value is -3.91. The number of amides is 1. The van der Waals surface area contributed by atoms with Gasteiger partial charge in [-0.2, -0.15) is 5.10 Å². The number of aliphatic hydroxyl groups is 1. The molecule has 1 atom stereocenters. The minimum atomic E-state index is -0.730. The number of ether oxygens (including phenoxy) is 1. The molecular weight excluding hydrogens is 444 g/mol. The number of carbonyl (C=O) groups is 2. The number of carbonyl (C=O) groups excluding carboxylic acids is 2. The fourth-order valence-electron chi connectivity index (χ4n) is 4.44. The zero-order valence-corrected chi connectivity index (χ0v) is 20.4. The van der Waals surface area contributed by atoms with Gasteiger partial charge in [-0.05, 0) is 63.8 Å². The summed E-state index contributed by atoms with van der Waals surface area (Å²) in [6, 6.07) is 16.0. The molecule has 1 fully saturated rings. The molecule has 2 aromatic carbocycles. The molecule has 2 heterocycles. The lowest BCUT2D eigenvalue weighted by molar-refractivity contribution is -0.139. The van der Waals surface area contributed by atoms with E-state index in [-0.39, 0.29) is 11.3 Å². The van der Waals surface area contributed by atoms with Crippen LogP contribution in [0.15, 0.2) is 66.4 Å². The molecule has 1 aliphatic rings. The third kappa shape index (κ3) is 4.70. The van der Waals surface area contributed by atoms with Crippen molar-refractivity contribution in [3.63, 3.8) is 0 Å². The minimum Gasteiger partial charge on any atom is -0.507 e. The van der Waals surface area contributed by atoms with Crippen molar-refractivity contribution in [3.05, 3.63) is 83.2 Å². The topological polar surface area (TPSA) is 87.9 Å². The lowest BCUT2D eigenvalue weighted by Gasteiger charge is -2.26. The zero-order chi connectivity index (χ0) is 25.1. The SMILES string of the molecule is COc1cccc([C@H]2/C(=C(\O)c3cnn(-c4ccccc4)c3C)C(=O)C(=O)N2CCCN(C)C)c1. The van der Waals surface area contributed by atoms with Crippen molar-refractivity contribution in [1.82, 2.24) is 19.6 Å². The molecule has 1 aliphatic heterocycles. The maximum absolute atomic E-state index is 13.3. The summed E-state index contributed by atoms with van der Waals surface area (Å²) in [7, 11) is 5.48. The third-order valence-electron chi connectivity index (χ3n) is 6.22. The van der Waals surface area contributed by atoms with Gasteiger partial charge in [0, 0.05) is 6.54 Å². The van der Waals surface area contributed by atoms with Crippen LogP contribution in [0, 0.1) is 6.92 Å². The van der Waals surface area contributed by atoms with Crippen LogP contribution < -0.4 is 4.74 Å². The molecule has 1 saturated heterocycles. The highest BCUT2D eigenvalue weighted by atomic mass is 16.5. The van der Waals surface area contributed by atoms with Crippen molar-refractivity contribution < 1.29 is 19.4 Å². The van der Waals surface area contributed by atoms with E-state index in [2.05, 4.69) is 5.10 Å². The number of aliphatic hydroxyl groups excluding tert-OH is 1. The van der Waals surface area contributed by atoms with Gasteiger partial charge in [-0.25, -0.2) is 4.68 Å². The first-order valence-corrected chi connectivity index (χ1v) is 11.5. The molecule has 0 bridgehead atoms. The van der Waals surface area contributed by atoms with Crippen molar-refractivity contribution in [3.8, 4) is 11.4 Å². The first kappa shape index (κ1) is 24.2. The maximum Gasteiger partial charge on any atom is 0.295 e. The van der Waals surface area contributed by atoms with Crippen molar-refractivity contribution >= 4 is 17.4 Å². The number of Topliss-reactive ketones (excluding diaryl/α,β-unsaturated/α-hetero) is 1. The summed E-state index contributed by atoms with van der Waals surface area (Å²) >= 11 is 0. The van der Waals surface area contributed by atoms with E-state index >= 15 is 0 Å². The van der Waals surface area contributed by atoms with Gasteiger partial charge in [0.05, 0.1) is 41.9 Å². The zero-order valence-electron chi connectivity index (χ0n) is 20.4. The number of para-hydroxylation sites is 1. The van der Waals surface area contributed by atoms with Crippen LogP contribution in [0.2, 0.25) is 0 Å². The number of hydrogen-bond acceptors (Lipinski definition) is 6. The van der Waals surface area contributed by atoms with Crippen molar-refractivity contribution in [2.45, 2.75) is 19.4 Å². The lowest BCUT2D eigenvalue weighted by Crippen LogP contribution is -2.32. The highest BCUT2D eigenvalue weighted by Crippen LogP contribution is 2.40. The van der Waals surface area contributed by atoms with E-state index in [1.807, 2.05) is 68.4 Å². The molecule has 8 nitrogen and oxygen atoms in total. The molecule has 1 aromatic heterocycles. The number of nitrogens with zero attached hydrogens (tertiary/aromatic N) is 4. The van der Waals surface area contributed by atoms with Crippen LogP contribution in [-0.4, -0.2) is 70.7 Å². The number of ketones is 1. The van der Waals surface area contributed by atoms with E-state index in [9.17, 15) is 14.7 Å². The van der Waals surface area contributed by atoms with Crippen LogP contribution in [0.1, 0.15) is 29.3 Å². The van der Waals surface area contributed by atoms with E-state index in [1.165, 1.54) is 6.20 Å². The summed E-state index contributed by atoms with van der Waals surface area (Å²) in [5.74, 6) is -0.946. The van der Waals surface area contributed by atoms with Crippen LogP contribution in [0.5, 0.6) is 5.75 Å². The Labute approximate surface area is 205 Å². The van der Waals surface area contributed by atoms with E-state index in [1.54, 1.807) is 28.8 Å². The predicted molar refractivity (Wildman–Crippen MR) is 133 cm³/mol. The number of methoxy groups -OCH3 is 1. The fraction of sp³-hybridized carbons (Fsp3) is 0.296. The smallest absolute Gasteiger partial charge is 0.295 e. The Bertz CT molecular complexity index is 1260.